The lowest BCUT2D eigenvalue weighted by Gasteiger charge is -2.30. The maximum absolute atomic E-state index is 12.1. The summed E-state index contributed by atoms with van der Waals surface area (Å²) in [4.78, 5) is 23.9. The molecule has 1 fully saturated rings. The summed E-state index contributed by atoms with van der Waals surface area (Å²) >= 11 is 1.57. The van der Waals surface area contributed by atoms with Crippen molar-refractivity contribution in [2.75, 3.05) is 29.6 Å². The van der Waals surface area contributed by atoms with Crippen LogP contribution in [0.2, 0.25) is 0 Å². The number of nitrogens with one attached hydrogen (secondary N) is 3. The second kappa shape index (κ2) is 8.98. The lowest BCUT2D eigenvalue weighted by atomic mass is 9.91. The number of fused-ring (bicyclic) bond motifs is 1. The maximum Gasteiger partial charge on any atom is 0.319 e. The van der Waals surface area contributed by atoms with E-state index >= 15 is 0 Å². The Morgan fingerprint density at radius 1 is 1.10 bits per heavy atom. The van der Waals surface area contributed by atoms with E-state index in [0.29, 0.717) is 6.04 Å². The van der Waals surface area contributed by atoms with E-state index in [1.54, 1.807) is 11.3 Å². The van der Waals surface area contributed by atoms with Crippen molar-refractivity contribution in [1.29, 1.82) is 0 Å². The first-order chi connectivity index (χ1) is 14.1. The molecule has 0 bridgehead atoms. The normalized spacial score (nSPS) is 21.2. The molecule has 2 aliphatic carbocycles. The fourth-order valence-corrected chi connectivity index (χ4v) is 4.85. The van der Waals surface area contributed by atoms with Crippen LogP contribution in [0, 0.1) is 0 Å². The summed E-state index contributed by atoms with van der Waals surface area (Å²) in [7, 11) is 4.11. The quantitative estimate of drug-likeness (QED) is 0.688. The van der Waals surface area contributed by atoms with Crippen molar-refractivity contribution in [3.63, 3.8) is 0 Å². The van der Waals surface area contributed by atoms with Gasteiger partial charge in [-0.25, -0.2) is 9.78 Å². The highest BCUT2D eigenvalue weighted by atomic mass is 32.1. The van der Waals surface area contributed by atoms with E-state index in [1.165, 1.54) is 24.1 Å². The molecule has 2 heterocycles. The molecule has 0 aliphatic heterocycles. The molecule has 8 heteroatoms. The van der Waals surface area contributed by atoms with Crippen molar-refractivity contribution >= 4 is 34.8 Å². The van der Waals surface area contributed by atoms with Gasteiger partial charge in [0.25, 0.3) is 0 Å². The number of hydrogen-bond acceptors (Lipinski definition) is 6. The first kappa shape index (κ1) is 19.9. The Bertz CT molecular complexity index is 830. The first-order valence-electron chi connectivity index (χ1n) is 10.5. The highest BCUT2D eigenvalue weighted by molar-refractivity contribution is 7.08. The summed E-state index contributed by atoms with van der Waals surface area (Å²) in [6, 6.07) is 2.36. The van der Waals surface area contributed by atoms with Crippen LogP contribution in [0.15, 0.2) is 16.8 Å². The van der Waals surface area contributed by atoms with Crippen LogP contribution in [0.1, 0.15) is 49.8 Å². The minimum Gasteiger partial charge on any atom is -0.362 e. The van der Waals surface area contributed by atoms with Crippen molar-refractivity contribution in [3.05, 3.63) is 28.1 Å². The van der Waals surface area contributed by atoms with Gasteiger partial charge in [-0.15, -0.1) is 0 Å². The Labute approximate surface area is 176 Å². The van der Waals surface area contributed by atoms with Crippen LogP contribution in [0.4, 0.5) is 22.2 Å². The lowest BCUT2D eigenvalue weighted by Crippen LogP contribution is -2.42. The molecule has 0 aromatic carbocycles. The number of amides is 2. The Kier molecular flexibility index (Phi) is 6.18. The molecule has 2 aromatic heterocycles. The van der Waals surface area contributed by atoms with Crippen molar-refractivity contribution in [2.45, 2.75) is 63.5 Å². The largest absolute Gasteiger partial charge is 0.362 e. The Hall–Kier alpha value is -2.35. The molecule has 0 spiro atoms. The van der Waals surface area contributed by atoms with E-state index in [4.69, 9.17) is 9.97 Å². The standard InChI is InChI=1S/C21H30N6OS/c1-27(2)19-17-5-3-4-6-18(17)25-20(26-19)22-14-7-9-15(10-8-14)23-21(28)24-16-11-12-29-13-16/h11-15H,3-10H2,1-2H3,(H,22,25,26)(H2,23,24,28)/t14-,15+. The number of carbonyl (C=O) groups excluding carboxylic acids is 1. The van der Waals surface area contributed by atoms with Gasteiger partial charge in [0.15, 0.2) is 0 Å². The van der Waals surface area contributed by atoms with Gasteiger partial charge in [0.2, 0.25) is 5.95 Å². The van der Waals surface area contributed by atoms with Crippen molar-refractivity contribution < 1.29 is 4.79 Å². The van der Waals surface area contributed by atoms with Crippen molar-refractivity contribution in [3.8, 4) is 0 Å². The summed E-state index contributed by atoms with van der Waals surface area (Å²) in [6.45, 7) is 0. The maximum atomic E-state index is 12.1. The molecule has 7 nitrogen and oxygen atoms in total. The number of rotatable bonds is 5. The minimum absolute atomic E-state index is 0.117. The van der Waals surface area contributed by atoms with Crippen LogP contribution >= 0.6 is 11.3 Å². The second-order valence-electron chi connectivity index (χ2n) is 8.20. The van der Waals surface area contributed by atoms with Crippen LogP contribution in [0.3, 0.4) is 0 Å². The summed E-state index contributed by atoms with van der Waals surface area (Å²) in [5, 5.41) is 13.4. The number of nitrogens with zero attached hydrogens (tertiary/aromatic N) is 3. The Morgan fingerprint density at radius 2 is 1.86 bits per heavy atom. The van der Waals surface area contributed by atoms with Crippen LogP contribution in [0.5, 0.6) is 0 Å². The first-order valence-corrected chi connectivity index (χ1v) is 11.5. The molecular weight excluding hydrogens is 384 g/mol. The van der Waals surface area contributed by atoms with Crippen LogP contribution < -0.4 is 20.9 Å². The Balaban J connectivity index is 1.31. The molecule has 2 aliphatic rings. The predicted molar refractivity (Wildman–Crippen MR) is 119 cm³/mol. The second-order valence-corrected chi connectivity index (χ2v) is 8.98. The van der Waals surface area contributed by atoms with Gasteiger partial charge in [-0.05, 0) is 62.8 Å². The predicted octanol–water partition coefficient (Wildman–Crippen LogP) is 4.03. The smallest absolute Gasteiger partial charge is 0.319 e. The molecule has 0 radical (unpaired) electrons. The topological polar surface area (TPSA) is 82.2 Å². The minimum atomic E-state index is -0.117. The fourth-order valence-electron chi connectivity index (χ4n) is 4.26. The third-order valence-corrected chi connectivity index (χ3v) is 6.44. The van der Waals surface area contributed by atoms with Crippen molar-refractivity contribution in [2.24, 2.45) is 0 Å². The third kappa shape index (κ3) is 4.98. The van der Waals surface area contributed by atoms with Gasteiger partial charge in [0.05, 0.1) is 11.4 Å². The molecule has 3 N–H and O–H groups in total. The van der Waals surface area contributed by atoms with Crippen LogP contribution in [0.25, 0.3) is 0 Å². The lowest BCUT2D eigenvalue weighted by molar-refractivity contribution is 0.243. The molecule has 29 heavy (non-hydrogen) atoms. The fraction of sp³-hybridized carbons (Fsp3) is 0.571. The van der Waals surface area contributed by atoms with E-state index in [-0.39, 0.29) is 12.1 Å². The van der Waals surface area contributed by atoms with Crippen molar-refractivity contribution in [1.82, 2.24) is 15.3 Å². The number of aryl methyl sites for hydroxylation is 1. The average molecular weight is 415 g/mol. The number of hydrogen-bond donors (Lipinski definition) is 3. The number of carbonyl (C=O) groups is 1. The van der Waals surface area contributed by atoms with Gasteiger partial charge in [-0.1, -0.05) is 0 Å². The molecule has 4 rings (SSSR count). The molecular formula is C21H30N6OS. The highest BCUT2D eigenvalue weighted by Gasteiger charge is 2.24. The zero-order chi connectivity index (χ0) is 20.2. The van der Waals surface area contributed by atoms with Gasteiger partial charge in [0.1, 0.15) is 5.82 Å². The molecule has 2 aromatic rings. The van der Waals surface area contributed by atoms with Gasteiger partial charge in [0, 0.05) is 37.1 Å². The van der Waals surface area contributed by atoms with E-state index in [2.05, 4.69) is 34.9 Å². The Morgan fingerprint density at radius 3 is 2.59 bits per heavy atom. The van der Waals surface area contributed by atoms with Gasteiger partial charge in [-0.3, -0.25) is 0 Å². The van der Waals surface area contributed by atoms with Gasteiger partial charge in [-0.2, -0.15) is 16.3 Å². The van der Waals surface area contributed by atoms with Gasteiger partial charge < -0.3 is 20.9 Å². The molecule has 0 saturated heterocycles. The zero-order valence-electron chi connectivity index (χ0n) is 17.2. The highest BCUT2D eigenvalue weighted by Crippen LogP contribution is 2.29. The zero-order valence-corrected chi connectivity index (χ0v) is 18.0. The molecule has 0 atom stereocenters. The summed E-state index contributed by atoms with van der Waals surface area (Å²) in [6.07, 6.45) is 8.47. The number of anilines is 3. The molecule has 1 saturated carbocycles. The average Bonchev–Trinajstić information content (AvgIpc) is 3.21. The van der Waals surface area contributed by atoms with E-state index < -0.39 is 0 Å². The summed E-state index contributed by atoms with van der Waals surface area (Å²) in [5.41, 5.74) is 3.37. The van der Waals surface area contributed by atoms with Crippen LogP contribution in [-0.2, 0) is 12.8 Å². The van der Waals surface area contributed by atoms with Crippen LogP contribution in [-0.4, -0.2) is 42.2 Å². The summed E-state index contributed by atoms with van der Waals surface area (Å²) < 4.78 is 0. The monoisotopic (exact) mass is 414 g/mol. The van der Waals surface area contributed by atoms with E-state index in [9.17, 15) is 4.79 Å². The third-order valence-electron chi connectivity index (χ3n) is 5.76. The molecule has 0 unspecified atom stereocenters. The number of aromatic nitrogens is 2. The number of urea groups is 1. The molecule has 156 valence electrons. The SMILES string of the molecule is CN(C)c1nc(N[C@H]2CC[C@@H](NC(=O)Nc3ccsc3)CC2)nc2c1CCCC2. The van der Waals surface area contributed by atoms with Gasteiger partial charge >= 0.3 is 6.03 Å². The van der Waals surface area contributed by atoms with E-state index in [0.717, 1.165) is 56.0 Å². The number of thiophene rings is 1. The summed E-state index contributed by atoms with van der Waals surface area (Å²) in [5.74, 6) is 1.80. The van der Waals surface area contributed by atoms with E-state index in [1.807, 2.05) is 16.8 Å². The molecule has 2 amide bonds.